The monoisotopic (exact) mass is 424 g/mol. The predicted molar refractivity (Wildman–Crippen MR) is 121 cm³/mol. The molecule has 1 unspecified atom stereocenters. The lowest BCUT2D eigenvalue weighted by molar-refractivity contribution is 0.0935. The van der Waals surface area contributed by atoms with Gasteiger partial charge in [0.05, 0.1) is 0 Å². The third kappa shape index (κ3) is 6.04. The summed E-state index contributed by atoms with van der Waals surface area (Å²) in [7, 11) is 0. The fourth-order valence-electron chi connectivity index (χ4n) is 3.94. The largest absolute Gasteiger partial charge is 0.352 e. The molecule has 1 aromatic carbocycles. The van der Waals surface area contributed by atoms with Crippen molar-refractivity contribution < 1.29 is 9.59 Å². The van der Waals surface area contributed by atoms with Crippen LogP contribution in [0.1, 0.15) is 53.5 Å². The minimum atomic E-state index is -0.525. The fourth-order valence-corrected chi connectivity index (χ4v) is 3.94. The lowest BCUT2D eigenvalue weighted by Gasteiger charge is -2.18. The van der Waals surface area contributed by atoms with Gasteiger partial charge in [-0.3, -0.25) is 19.3 Å². The Balaban J connectivity index is 1.73. The van der Waals surface area contributed by atoms with E-state index >= 15 is 0 Å². The van der Waals surface area contributed by atoms with Crippen LogP contribution in [0.3, 0.4) is 0 Å². The average molecular weight is 425 g/mol. The number of nitrogens with one attached hydrogen (secondary N) is 2. The SMILES string of the molecule is CCNC(=O)c1cn(CC(C)C)cc(C(=O)NC2CCN(Cc3ccccc3)C2)c1=O. The molecule has 1 aromatic heterocycles. The minimum absolute atomic E-state index is 0.00674. The summed E-state index contributed by atoms with van der Waals surface area (Å²) in [5.74, 6) is -0.559. The van der Waals surface area contributed by atoms with Crippen LogP contribution < -0.4 is 16.1 Å². The van der Waals surface area contributed by atoms with Crippen LogP contribution in [0.4, 0.5) is 0 Å². The first kappa shape index (κ1) is 22.7. The van der Waals surface area contributed by atoms with E-state index in [1.54, 1.807) is 23.9 Å². The number of hydrogen-bond acceptors (Lipinski definition) is 4. The number of aromatic nitrogens is 1. The normalized spacial score (nSPS) is 16.5. The van der Waals surface area contributed by atoms with Crippen LogP contribution >= 0.6 is 0 Å². The van der Waals surface area contributed by atoms with Crippen molar-refractivity contribution >= 4 is 11.8 Å². The highest BCUT2D eigenvalue weighted by atomic mass is 16.2. The van der Waals surface area contributed by atoms with E-state index < -0.39 is 17.2 Å². The van der Waals surface area contributed by atoms with Crippen molar-refractivity contribution in [3.05, 3.63) is 69.6 Å². The second-order valence-electron chi connectivity index (χ2n) is 8.54. The van der Waals surface area contributed by atoms with Gasteiger partial charge in [0.25, 0.3) is 11.8 Å². The van der Waals surface area contributed by atoms with E-state index in [-0.39, 0.29) is 17.2 Å². The van der Waals surface area contributed by atoms with Gasteiger partial charge in [0, 0.05) is 51.2 Å². The number of amides is 2. The molecule has 2 heterocycles. The molecule has 1 atom stereocenters. The van der Waals surface area contributed by atoms with E-state index in [0.717, 1.165) is 26.1 Å². The molecule has 1 saturated heterocycles. The minimum Gasteiger partial charge on any atom is -0.352 e. The van der Waals surface area contributed by atoms with Crippen LogP contribution in [-0.4, -0.2) is 47.0 Å². The molecule has 1 aliphatic rings. The van der Waals surface area contributed by atoms with Crippen molar-refractivity contribution in [2.24, 2.45) is 5.92 Å². The zero-order valence-electron chi connectivity index (χ0n) is 18.6. The first-order chi connectivity index (χ1) is 14.9. The third-order valence-electron chi connectivity index (χ3n) is 5.34. The van der Waals surface area contributed by atoms with Gasteiger partial charge in [-0.25, -0.2) is 0 Å². The van der Waals surface area contributed by atoms with Gasteiger partial charge >= 0.3 is 0 Å². The summed E-state index contributed by atoms with van der Waals surface area (Å²) in [5.41, 5.74) is 0.737. The predicted octanol–water partition coefficient (Wildman–Crippen LogP) is 2.26. The maximum absolute atomic E-state index is 13.0. The van der Waals surface area contributed by atoms with Crippen LogP contribution in [0, 0.1) is 5.92 Å². The maximum Gasteiger partial charge on any atom is 0.257 e. The molecule has 0 bridgehead atoms. The number of likely N-dealkylation sites (tertiary alicyclic amines) is 1. The maximum atomic E-state index is 13.0. The molecule has 0 saturated carbocycles. The molecular formula is C24H32N4O3. The van der Waals surface area contributed by atoms with Crippen LogP contribution in [0.5, 0.6) is 0 Å². The van der Waals surface area contributed by atoms with E-state index in [1.807, 2.05) is 32.0 Å². The molecular weight excluding hydrogens is 392 g/mol. The van der Waals surface area contributed by atoms with Crippen LogP contribution in [0.25, 0.3) is 0 Å². The van der Waals surface area contributed by atoms with Crippen molar-refractivity contribution in [1.82, 2.24) is 20.1 Å². The summed E-state index contributed by atoms with van der Waals surface area (Å²) >= 11 is 0. The van der Waals surface area contributed by atoms with Crippen molar-refractivity contribution in [2.75, 3.05) is 19.6 Å². The van der Waals surface area contributed by atoms with E-state index in [2.05, 4.69) is 27.7 Å². The molecule has 1 aliphatic heterocycles. The molecule has 2 aromatic rings. The lowest BCUT2D eigenvalue weighted by Crippen LogP contribution is -2.41. The molecule has 7 nitrogen and oxygen atoms in total. The van der Waals surface area contributed by atoms with Crippen LogP contribution in [0.15, 0.2) is 47.5 Å². The Morgan fingerprint density at radius 3 is 2.42 bits per heavy atom. The summed E-state index contributed by atoms with van der Waals surface area (Å²) in [6.45, 7) is 9.36. The van der Waals surface area contributed by atoms with E-state index in [4.69, 9.17) is 0 Å². The Morgan fingerprint density at radius 1 is 1.10 bits per heavy atom. The highest BCUT2D eigenvalue weighted by Gasteiger charge is 2.26. The Hall–Kier alpha value is -2.93. The van der Waals surface area contributed by atoms with Crippen LogP contribution in [-0.2, 0) is 13.1 Å². The van der Waals surface area contributed by atoms with Gasteiger partial charge in [0.1, 0.15) is 11.1 Å². The van der Waals surface area contributed by atoms with Gasteiger partial charge < -0.3 is 15.2 Å². The first-order valence-electron chi connectivity index (χ1n) is 11.0. The summed E-state index contributed by atoms with van der Waals surface area (Å²) in [6.07, 6.45) is 3.94. The molecule has 0 aliphatic carbocycles. The van der Waals surface area contributed by atoms with E-state index in [0.29, 0.717) is 19.0 Å². The summed E-state index contributed by atoms with van der Waals surface area (Å²) in [4.78, 5) is 40.6. The molecule has 31 heavy (non-hydrogen) atoms. The standard InChI is InChI=1S/C24H32N4O3/c1-4-25-23(30)20-15-28(12-17(2)3)16-21(22(20)29)24(31)26-19-10-11-27(14-19)13-18-8-6-5-7-9-18/h5-9,15-17,19H,4,10-14H2,1-3H3,(H,25,30)(H,26,31). The molecule has 1 fully saturated rings. The average Bonchev–Trinajstić information content (AvgIpc) is 3.16. The Labute approximate surface area is 183 Å². The highest BCUT2D eigenvalue weighted by Crippen LogP contribution is 2.14. The van der Waals surface area contributed by atoms with Gasteiger partial charge in [-0.2, -0.15) is 0 Å². The van der Waals surface area contributed by atoms with Gasteiger partial charge in [-0.15, -0.1) is 0 Å². The van der Waals surface area contributed by atoms with Crippen molar-refractivity contribution in [1.29, 1.82) is 0 Å². The van der Waals surface area contributed by atoms with E-state index in [9.17, 15) is 14.4 Å². The molecule has 166 valence electrons. The summed E-state index contributed by atoms with van der Waals surface area (Å²) < 4.78 is 1.77. The fraction of sp³-hybridized carbons (Fsp3) is 0.458. The zero-order valence-corrected chi connectivity index (χ0v) is 18.6. The number of carbonyl (C=O) groups excluding carboxylic acids is 2. The number of benzene rings is 1. The molecule has 2 N–H and O–H groups in total. The number of hydrogen-bond donors (Lipinski definition) is 2. The zero-order chi connectivity index (χ0) is 22.4. The number of pyridine rings is 1. The number of rotatable bonds is 8. The number of carbonyl (C=O) groups is 2. The molecule has 0 radical (unpaired) electrons. The summed E-state index contributed by atoms with van der Waals surface area (Å²) in [6, 6.07) is 10.2. The topological polar surface area (TPSA) is 83.4 Å². The van der Waals surface area contributed by atoms with Crippen LogP contribution in [0.2, 0.25) is 0 Å². The molecule has 7 heteroatoms. The second-order valence-corrected chi connectivity index (χ2v) is 8.54. The first-order valence-corrected chi connectivity index (χ1v) is 11.0. The third-order valence-corrected chi connectivity index (χ3v) is 5.34. The molecule has 2 amide bonds. The van der Waals surface area contributed by atoms with Crippen molar-refractivity contribution in [3.8, 4) is 0 Å². The second kappa shape index (κ2) is 10.4. The van der Waals surface area contributed by atoms with Gasteiger partial charge in [-0.1, -0.05) is 44.2 Å². The lowest BCUT2D eigenvalue weighted by atomic mass is 10.1. The van der Waals surface area contributed by atoms with E-state index in [1.165, 1.54) is 5.56 Å². The Morgan fingerprint density at radius 2 is 1.77 bits per heavy atom. The Kier molecular flexibility index (Phi) is 7.63. The number of nitrogens with zero attached hydrogens (tertiary/aromatic N) is 2. The summed E-state index contributed by atoms with van der Waals surface area (Å²) in [5, 5.41) is 5.67. The smallest absolute Gasteiger partial charge is 0.257 e. The quantitative estimate of drug-likeness (QED) is 0.681. The van der Waals surface area contributed by atoms with Crippen molar-refractivity contribution in [2.45, 2.75) is 46.3 Å². The van der Waals surface area contributed by atoms with Gasteiger partial charge in [-0.05, 0) is 24.8 Å². The Bertz CT molecular complexity index is 969. The molecule has 0 spiro atoms. The van der Waals surface area contributed by atoms with Gasteiger partial charge in [0.15, 0.2) is 0 Å². The molecule has 3 rings (SSSR count). The highest BCUT2D eigenvalue weighted by molar-refractivity contribution is 5.99. The van der Waals surface area contributed by atoms with Gasteiger partial charge in [0.2, 0.25) is 5.43 Å². The van der Waals surface area contributed by atoms with Crippen molar-refractivity contribution in [3.63, 3.8) is 0 Å².